The molecule has 3 aromatic rings. The number of hydrogen-bond donors (Lipinski definition) is 0. The molecule has 0 heterocycles. The molecule has 3 aromatic carbocycles. The molecular weight excluding hydrogens is 500 g/mol. The zero-order valence-corrected chi connectivity index (χ0v) is 21.8. The van der Waals surface area contributed by atoms with Gasteiger partial charge in [-0.15, -0.1) is 0 Å². The number of alkyl halides is 1. The molecule has 0 aliphatic heterocycles. The van der Waals surface area contributed by atoms with E-state index in [1.165, 1.54) is 5.56 Å². The third kappa shape index (κ3) is 5.25. The Kier molecular flexibility index (Phi) is 8.71. The van der Waals surface area contributed by atoms with Crippen LogP contribution in [0.1, 0.15) is 22.3 Å². The summed E-state index contributed by atoms with van der Waals surface area (Å²) in [4.78, 5) is 0. The van der Waals surface area contributed by atoms with Crippen LogP contribution >= 0.6 is 15.9 Å². The van der Waals surface area contributed by atoms with Crippen molar-refractivity contribution in [2.24, 2.45) is 0 Å². The number of rotatable bonds is 10. The molecule has 3 rings (SSSR count). The van der Waals surface area contributed by atoms with Crippen LogP contribution in [-0.4, -0.2) is 42.7 Å². The monoisotopic (exact) mass is 528 g/mol. The maximum absolute atomic E-state index is 5.60. The molecule has 0 amide bonds. The van der Waals surface area contributed by atoms with Gasteiger partial charge in [-0.05, 0) is 58.2 Å². The van der Waals surface area contributed by atoms with E-state index >= 15 is 0 Å². The predicted molar refractivity (Wildman–Crippen MR) is 138 cm³/mol. The van der Waals surface area contributed by atoms with Crippen molar-refractivity contribution in [1.29, 1.82) is 0 Å². The van der Waals surface area contributed by atoms with Crippen molar-refractivity contribution in [3.8, 4) is 34.5 Å². The van der Waals surface area contributed by atoms with Gasteiger partial charge in [-0.2, -0.15) is 0 Å². The molecule has 6 nitrogen and oxygen atoms in total. The largest absolute Gasteiger partial charge is 0.493 e. The van der Waals surface area contributed by atoms with Crippen LogP contribution in [0.15, 0.2) is 48.5 Å². The first-order valence-electron chi connectivity index (χ1n) is 10.5. The third-order valence-electron chi connectivity index (χ3n) is 5.39. The molecule has 0 N–H and O–H groups in total. The fraction of sp³-hybridized carbons (Fsp3) is 0.259. The van der Waals surface area contributed by atoms with Crippen LogP contribution in [0.25, 0.3) is 11.6 Å². The number of methoxy groups -OCH3 is 6. The summed E-state index contributed by atoms with van der Waals surface area (Å²) in [6.45, 7) is 0. The highest BCUT2D eigenvalue weighted by Crippen LogP contribution is 2.43. The van der Waals surface area contributed by atoms with Gasteiger partial charge in [0.1, 0.15) is 0 Å². The van der Waals surface area contributed by atoms with Gasteiger partial charge in [0, 0.05) is 5.33 Å². The lowest BCUT2D eigenvalue weighted by Gasteiger charge is -2.17. The summed E-state index contributed by atoms with van der Waals surface area (Å²) in [5.41, 5.74) is 4.93. The van der Waals surface area contributed by atoms with E-state index in [2.05, 4.69) is 46.3 Å². The molecule has 0 radical (unpaired) electrons. The zero-order valence-electron chi connectivity index (χ0n) is 20.2. The minimum atomic E-state index is 0.538. The molecule has 0 aliphatic rings. The molecule has 0 aliphatic carbocycles. The molecule has 7 heteroatoms. The van der Waals surface area contributed by atoms with E-state index < -0.39 is 0 Å². The highest BCUT2D eigenvalue weighted by atomic mass is 79.9. The maximum Gasteiger partial charge on any atom is 0.203 e. The molecule has 0 saturated heterocycles. The molecular formula is C27H29BrO6. The normalized spacial score (nSPS) is 11.1. The predicted octanol–water partition coefficient (Wildman–Crippen LogP) is 6.22. The Morgan fingerprint density at radius 3 is 1.44 bits per heavy atom. The quantitative estimate of drug-likeness (QED) is 0.230. The molecule has 180 valence electrons. The fourth-order valence-electron chi connectivity index (χ4n) is 3.69. The highest BCUT2D eigenvalue weighted by molar-refractivity contribution is 9.08. The summed E-state index contributed by atoms with van der Waals surface area (Å²) in [7, 11) is 9.59. The minimum absolute atomic E-state index is 0.538. The number of halogens is 1. The summed E-state index contributed by atoms with van der Waals surface area (Å²) in [6, 6.07) is 16.0. The summed E-state index contributed by atoms with van der Waals surface area (Å²) < 4.78 is 33.3. The van der Waals surface area contributed by atoms with Gasteiger partial charge in [0.15, 0.2) is 23.0 Å². The summed E-state index contributed by atoms with van der Waals surface area (Å²) >= 11 is 3.52. The lowest BCUT2D eigenvalue weighted by atomic mass is 9.94. The van der Waals surface area contributed by atoms with E-state index in [-0.39, 0.29) is 0 Å². The van der Waals surface area contributed by atoms with Crippen LogP contribution in [0.4, 0.5) is 0 Å². The van der Waals surface area contributed by atoms with Gasteiger partial charge in [-0.3, -0.25) is 0 Å². The molecule has 0 saturated carbocycles. The zero-order chi connectivity index (χ0) is 24.7. The molecule has 0 unspecified atom stereocenters. The Labute approximate surface area is 209 Å². The molecule has 0 atom stereocenters. The van der Waals surface area contributed by atoms with Crippen LogP contribution in [0.3, 0.4) is 0 Å². The smallest absolute Gasteiger partial charge is 0.203 e. The lowest BCUT2D eigenvalue weighted by Crippen LogP contribution is -1.98. The van der Waals surface area contributed by atoms with Crippen molar-refractivity contribution in [3.05, 3.63) is 70.8 Å². The van der Waals surface area contributed by atoms with Crippen molar-refractivity contribution in [3.63, 3.8) is 0 Å². The van der Waals surface area contributed by atoms with Crippen LogP contribution in [0.5, 0.6) is 34.5 Å². The topological polar surface area (TPSA) is 55.4 Å². The van der Waals surface area contributed by atoms with Gasteiger partial charge in [0.05, 0.1) is 42.7 Å². The molecule has 0 fully saturated rings. The Bertz CT molecular complexity index is 1100. The first-order valence-corrected chi connectivity index (χ1v) is 11.6. The maximum atomic E-state index is 5.60. The van der Waals surface area contributed by atoms with E-state index in [4.69, 9.17) is 28.4 Å². The van der Waals surface area contributed by atoms with E-state index in [0.29, 0.717) is 34.5 Å². The SMILES string of the molecule is COc1cc(/C=C(/c2ccc(CBr)cc2)c2cc(OC)c(OC)c(OC)c2)cc(OC)c1OC. The average Bonchev–Trinajstić information content (AvgIpc) is 2.90. The highest BCUT2D eigenvalue weighted by Gasteiger charge is 2.18. The molecule has 0 aromatic heterocycles. The first-order chi connectivity index (χ1) is 16.5. The number of ether oxygens (including phenoxy) is 6. The van der Waals surface area contributed by atoms with Crippen molar-refractivity contribution < 1.29 is 28.4 Å². The van der Waals surface area contributed by atoms with E-state index in [1.807, 2.05) is 24.3 Å². The molecule has 0 spiro atoms. The molecule has 0 bridgehead atoms. The molecule has 34 heavy (non-hydrogen) atoms. The van der Waals surface area contributed by atoms with E-state index in [1.54, 1.807) is 42.7 Å². The second-order valence-electron chi connectivity index (χ2n) is 7.26. The fourth-order valence-corrected chi connectivity index (χ4v) is 4.07. The Hall–Kier alpha value is -3.32. The van der Waals surface area contributed by atoms with Gasteiger partial charge < -0.3 is 28.4 Å². The van der Waals surface area contributed by atoms with Crippen molar-refractivity contribution in [2.45, 2.75) is 5.33 Å². The average molecular weight is 529 g/mol. The summed E-state index contributed by atoms with van der Waals surface area (Å²) in [5, 5.41) is 0.781. The van der Waals surface area contributed by atoms with Gasteiger partial charge in [-0.25, -0.2) is 0 Å². The Morgan fingerprint density at radius 2 is 1.06 bits per heavy atom. The number of hydrogen-bond acceptors (Lipinski definition) is 6. The van der Waals surface area contributed by atoms with Gasteiger partial charge >= 0.3 is 0 Å². The Morgan fingerprint density at radius 1 is 0.618 bits per heavy atom. The second-order valence-corrected chi connectivity index (χ2v) is 7.82. The minimum Gasteiger partial charge on any atom is -0.493 e. The first kappa shape index (κ1) is 25.3. The van der Waals surface area contributed by atoms with Crippen LogP contribution in [0.2, 0.25) is 0 Å². The van der Waals surface area contributed by atoms with Crippen molar-refractivity contribution in [1.82, 2.24) is 0 Å². The van der Waals surface area contributed by atoms with Crippen LogP contribution in [-0.2, 0) is 5.33 Å². The third-order valence-corrected chi connectivity index (χ3v) is 6.04. The van der Waals surface area contributed by atoms with E-state index in [0.717, 1.165) is 27.6 Å². The van der Waals surface area contributed by atoms with Gasteiger partial charge in [-0.1, -0.05) is 40.2 Å². The van der Waals surface area contributed by atoms with Crippen molar-refractivity contribution in [2.75, 3.05) is 42.7 Å². The Balaban J connectivity index is 2.29. The summed E-state index contributed by atoms with van der Waals surface area (Å²) in [6.07, 6.45) is 2.06. The number of benzene rings is 3. The van der Waals surface area contributed by atoms with Crippen LogP contribution in [0, 0.1) is 0 Å². The van der Waals surface area contributed by atoms with Gasteiger partial charge in [0.25, 0.3) is 0 Å². The lowest BCUT2D eigenvalue weighted by molar-refractivity contribution is 0.324. The van der Waals surface area contributed by atoms with E-state index in [9.17, 15) is 0 Å². The summed E-state index contributed by atoms with van der Waals surface area (Å²) in [5.74, 6) is 3.38. The standard InChI is InChI=1S/C27H29BrO6/c1-29-22-12-18(13-23(30-2)26(22)33-5)11-21(19-9-7-17(16-28)8-10-19)20-14-24(31-3)27(34-6)25(15-20)32-4/h7-15H,16H2,1-6H3/b21-11-. The van der Waals surface area contributed by atoms with Crippen LogP contribution < -0.4 is 28.4 Å². The van der Waals surface area contributed by atoms with Gasteiger partial charge in [0.2, 0.25) is 11.5 Å². The van der Waals surface area contributed by atoms with Crippen molar-refractivity contribution >= 4 is 27.6 Å². The second kappa shape index (κ2) is 11.7.